The van der Waals surface area contributed by atoms with Gasteiger partial charge in [0.1, 0.15) is 0 Å². The first-order valence-electron chi connectivity index (χ1n) is 6.52. The largest absolute Gasteiger partial charge is 0.409 e. The number of nitrogens with zero attached hydrogens (tertiary/aromatic N) is 2. The lowest BCUT2D eigenvalue weighted by Gasteiger charge is -2.31. The molecule has 19 heavy (non-hydrogen) atoms. The molecule has 0 bridgehead atoms. The van der Waals surface area contributed by atoms with Crippen LogP contribution in [0.2, 0.25) is 0 Å². The van der Waals surface area contributed by atoms with E-state index in [2.05, 4.69) is 30.8 Å². The molecule has 0 aromatic heterocycles. The Bertz CT molecular complexity index is 448. The molecule has 0 saturated carbocycles. The van der Waals surface area contributed by atoms with Gasteiger partial charge < -0.3 is 15.8 Å². The topological polar surface area (TPSA) is 61.8 Å². The molecule has 3 N–H and O–H groups in total. The summed E-state index contributed by atoms with van der Waals surface area (Å²) in [5.74, 6) is 0.168. The summed E-state index contributed by atoms with van der Waals surface area (Å²) >= 11 is 1.60. The first kappa shape index (κ1) is 15.7. The minimum Gasteiger partial charge on any atom is -0.409 e. The highest BCUT2D eigenvalue weighted by atomic mass is 32.2. The molecule has 1 aromatic rings. The van der Waals surface area contributed by atoms with Crippen LogP contribution in [0.1, 0.15) is 32.8 Å². The fraction of sp³-hybridized carbons (Fsp3) is 0.500. The third-order valence-corrected chi connectivity index (χ3v) is 4.14. The summed E-state index contributed by atoms with van der Waals surface area (Å²) in [7, 11) is 0. The van der Waals surface area contributed by atoms with E-state index in [9.17, 15) is 0 Å². The van der Waals surface area contributed by atoms with Gasteiger partial charge >= 0.3 is 0 Å². The Balaban J connectivity index is 3.41. The van der Waals surface area contributed by atoms with Crippen molar-refractivity contribution in [3.63, 3.8) is 0 Å². The average Bonchev–Trinajstić information content (AvgIpc) is 2.46. The van der Waals surface area contributed by atoms with Gasteiger partial charge in [-0.25, -0.2) is 0 Å². The summed E-state index contributed by atoms with van der Waals surface area (Å²) in [6.07, 6.45) is 3.04. The maximum Gasteiger partial charge on any atom is 0.173 e. The summed E-state index contributed by atoms with van der Waals surface area (Å²) < 4.78 is 0. The van der Waals surface area contributed by atoms with Crippen molar-refractivity contribution in [2.75, 3.05) is 17.7 Å². The van der Waals surface area contributed by atoms with Crippen LogP contribution < -0.4 is 10.6 Å². The summed E-state index contributed by atoms with van der Waals surface area (Å²) in [5, 5.41) is 12.2. The Kier molecular flexibility index (Phi) is 6.02. The zero-order valence-electron chi connectivity index (χ0n) is 12.1. The highest BCUT2D eigenvalue weighted by Gasteiger charge is 2.19. The lowest BCUT2D eigenvalue weighted by Crippen LogP contribution is -2.34. The van der Waals surface area contributed by atoms with Crippen LogP contribution in [0.5, 0.6) is 0 Å². The summed E-state index contributed by atoms with van der Waals surface area (Å²) in [4.78, 5) is 3.31. The molecule has 4 nitrogen and oxygen atoms in total. The number of hydrogen-bond acceptors (Lipinski definition) is 4. The van der Waals surface area contributed by atoms with Crippen molar-refractivity contribution in [2.45, 2.75) is 38.1 Å². The SMILES string of the molecule is CCC(C)N(CC)c1cccc(SC)c1/C(N)=N/O. The highest BCUT2D eigenvalue weighted by Crippen LogP contribution is 2.31. The first-order valence-corrected chi connectivity index (χ1v) is 7.74. The number of oxime groups is 1. The van der Waals surface area contributed by atoms with Gasteiger partial charge in [-0.05, 0) is 38.7 Å². The smallest absolute Gasteiger partial charge is 0.173 e. The third kappa shape index (κ3) is 3.35. The van der Waals surface area contributed by atoms with E-state index in [-0.39, 0.29) is 5.84 Å². The van der Waals surface area contributed by atoms with Gasteiger partial charge in [-0.15, -0.1) is 11.8 Å². The molecule has 1 unspecified atom stereocenters. The maximum absolute atomic E-state index is 9.02. The second-order valence-electron chi connectivity index (χ2n) is 4.38. The summed E-state index contributed by atoms with van der Waals surface area (Å²) in [6.45, 7) is 7.35. The number of thioether (sulfide) groups is 1. The molecule has 0 aliphatic heterocycles. The van der Waals surface area contributed by atoms with Crippen LogP contribution in [-0.4, -0.2) is 29.9 Å². The van der Waals surface area contributed by atoms with Crippen molar-refractivity contribution >= 4 is 23.3 Å². The zero-order chi connectivity index (χ0) is 14.4. The molecule has 0 heterocycles. The molecule has 0 amide bonds. The number of rotatable bonds is 6. The molecule has 106 valence electrons. The predicted octanol–water partition coefficient (Wildman–Crippen LogP) is 3.13. The standard InChI is InChI=1S/C14H23N3OS/c1-5-10(3)17(6-2)11-8-7-9-12(19-4)13(11)14(15)16-18/h7-10,18H,5-6H2,1-4H3,(H2,15,16). The molecule has 0 aliphatic rings. The summed E-state index contributed by atoms with van der Waals surface area (Å²) in [5.41, 5.74) is 7.71. The minimum absolute atomic E-state index is 0.168. The van der Waals surface area contributed by atoms with Gasteiger partial charge in [0.2, 0.25) is 0 Å². The van der Waals surface area contributed by atoms with Gasteiger partial charge in [-0.2, -0.15) is 0 Å². The monoisotopic (exact) mass is 281 g/mol. The Labute approximate surface area is 119 Å². The predicted molar refractivity (Wildman–Crippen MR) is 83.5 cm³/mol. The lowest BCUT2D eigenvalue weighted by atomic mass is 10.1. The lowest BCUT2D eigenvalue weighted by molar-refractivity contribution is 0.318. The minimum atomic E-state index is 0.168. The van der Waals surface area contributed by atoms with Crippen molar-refractivity contribution in [3.8, 4) is 0 Å². The molecule has 0 fully saturated rings. The number of anilines is 1. The number of benzene rings is 1. The molecule has 0 aliphatic carbocycles. The van der Waals surface area contributed by atoms with Gasteiger partial charge in [-0.3, -0.25) is 0 Å². The average molecular weight is 281 g/mol. The van der Waals surface area contributed by atoms with E-state index in [1.165, 1.54) is 0 Å². The molecule has 1 atom stereocenters. The second kappa shape index (κ2) is 7.28. The van der Waals surface area contributed by atoms with Crippen LogP contribution in [0, 0.1) is 0 Å². The van der Waals surface area contributed by atoms with E-state index < -0.39 is 0 Å². The van der Waals surface area contributed by atoms with Crippen molar-refractivity contribution < 1.29 is 5.21 Å². The number of amidine groups is 1. The Morgan fingerprint density at radius 1 is 1.47 bits per heavy atom. The maximum atomic E-state index is 9.02. The fourth-order valence-corrected chi connectivity index (χ4v) is 2.80. The van der Waals surface area contributed by atoms with Gasteiger partial charge in [0.05, 0.1) is 5.56 Å². The van der Waals surface area contributed by atoms with E-state index >= 15 is 0 Å². The molecule has 1 aromatic carbocycles. The Morgan fingerprint density at radius 3 is 2.63 bits per heavy atom. The Hall–Kier alpha value is -1.36. The van der Waals surface area contributed by atoms with Crippen molar-refractivity contribution in [1.82, 2.24) is 0 Å². The van der Waals surface area contributed by atoms with Crippen LogP contribution in [0.3, 0.4) is 0 Å². The van der Waals surface area contributed by atoms with Crippen molar-refractivity contribution in [2.24, 2.45) is 10.9 Å². The number of hydrogen-bond donors (Lipinski definition) is 2. The van der Waals surface area contributed by atoms with Crippen LogP contribution in [0.4, 0.5) is 5.69 Å². The van der Waals surface area contributed by atoms with E-state index in [1.54, 1.807) is 11.8 Å². The molecule has 1 rings (SSSR count). The molecule has 5 heteroatoms. The molecular formula is C14H23N3OS. The van der Waals surface area contributed by atoms with Crippen LogP contribution >= 0.6 is 11.8 Å². The third-order valence-electron chi connectivity index (χ3n) is 3.36. The molecule has 0 radical (unpaired) electrons. The molecule has 0 spiro atoms. The van der Waals surface area contributed by atoms with Crippen LogP contribution in [-0.2, 0) is 0 Å². The quantitative estimate of drug-likeness (QED) is 0.276. The van der Waals surface area contributed by atoms with E-state index in [4.69, 9.17) is 10.9 Å². The van der Waals surface area contributed by atoms with Gasteiger partial charge in [0, 0.05) is 23.2 Å². The van der Waals surface area contributed by atoms with Crippen LogP contribution in [0.15, 0.2) is 28.3 Å². The van der Waals surface area contributed by atoms with Crippen molar-refractivity contribution in [1.29, 1.82) is 0 Å². The first-order chi connectivity index (χ1) is 9.10. The molecular weight excluding hydrogens is 258 g/mol. The van der Waals surface area contributed by atoms with Gasteiger partial charge in [-0.1, -0.05) is 18.1 Å². The normalized spacial score (nSPS) is 13.4. The van der Waals surface area contributed by atoms with E-state index in [0.29, 0.717) is 6.04 Å². The van der Waals surface area contributed by atoms with Crippen molar-refractivity contribution in [3.05, 3.63) is 23.8 Å². The van der Waals surface area contributed by atoms with Gasteiger partial charge in [0.25, 0.3) is 0 Å². The Morgan fingerprint density at radius 2 is 2.16 bits per heavy atom. The van der Waals surface area contributed by atoms with E-state index in [0.717, 1.165) is 29.1 Å². The van der Waals surface area contributed by atoms with Crippen LogP contribution in [0.25, 0.3) is 0 Å². The van der Waals surface area contributed by atoms with E-state index in [1.807, 2.05) is 24.5 Å². The van der Waals surface area contributed by atoms with Gasteiger partial charge in [0.15, 0.2) is 5.84 Å². The highest BCUT2D eigenvalue weighted by molar-refractivity contribution is 7.98. The number of nitrogens with two attached hydrogens (primary N) is 1. The second-order valence-corrected chi connectivity index (χ2v) is 5.23. The zero-order valence-corrected chi connectivity index (χ0v) is 12.9. The fourth-order valence-electron chi connectivity index (χ4n) is 2.18. The molecule has 0 saturated heterocycles. The summed E-state index contributed by atoms with van der Waals surface area (Å²) in [6, 6.07) is 6.45.